The van der Waals surface area contributed by atoms with Gasteiger partial charge in [0.25, 0.3) is 0 Å². The molecule has 0 atom stereocenters. The zero-order chi connectivity index (χ0) is 38.4. The number of hydrogen-bond acceptors (Lipinski definition) is 12. The number of anilines is 4. The maximum absolute atomic E-state index is 13.3. The van der Waals surface area contributed by atoms with Crippen LogP contribution in [0.5, 0.6) is 11.5 Å². The molecule has 3 aliphatic heterocycles. The van der Waals surface area contributed by atoms with Gasteiger partial charge in [0.2, 0.25) is 17.8 Å². The maximum atomic E-state index is 13.3. The molecule has 3 aliphatic rings. The Bertz CT molecular complexity index is 2050. The summed E-state index contributed by atoms with van der Waals surface area (Å²) in [6.45, 7) is 7.98. The van der Waals surface area contributed by atoms with Crippen molar-refractivity contribution in [3.05, 3.63) is 107 Å². The second-order valence-corrected chi connectivity index (χ2v) is 14.5. The van der Waals surface area contributed by atoms with E-state index in [-0.39, 0.29) is 5.91 Å². The number of aromatic nitrogens is 4. The number of methoxy groups -OCH3 is 2. The molecule has 0 bridgehead atoms. The van der Waals surface area contributed by atoms with Gasteiger partial charge >= 0.3 is 0 Å². The third-order valence-electron chi connectivity index (χ3n) is 10.8. The Morgan fingerprint density at radius 2 is 1.41 bits per heavy atom. The van der Waals surface area contributed by atoms with E-state index in [2.05, 4.69) is 63.0 Å². The molecule has 5 heterocycles. The number of ether oxygens (including phenoxy) is 3. The van der Waals surface area contributed by atoms with E-state index in [9.17, 15) is 4.79 Å². The van der Waals surface area contributed by atoms with Gasteiger partial charge in [-0.05, 0) is 66.6 Å². The van der Waals surface area contributed by atoms with Crippen LogP contribution in [0, 0.1) is 0 Å². The second kappa shape index (κ2) is 16.9. The number of hydrogen-bond donors (Lipinski definition) is 0. The first kappa shape index (κ1) is 37.1. The van der Waals surface area contributed by atoms with Gasteiger partial charge < -0.3 is 38.7 Å². The van der Waals surface area contributed by atoms with Crippen LogP contribution in [0.15, 0.2) is 85.2 Å². The Hall–Kier alpha value is -5.79. The monoisotopic (exact) mass is 755 g/mol. The standard InChI is InChI=1S/C43H49N9O4/c1-48-17-19-49(20-18-48)39(53)26-33-5-4-6-35(25-33)52-16-15-38-40(46-43(47-41(38)52)50-21-23-56-24-22-50)34-27-44-42(45-28-34)51(29-31-7-11-36(54-2)12-8-31)30-32-9-13-37(55-3)14-10-32/h4-14,25,27-28H,15-24,26,29-30H2,1-3H3. The first-order chi connectivity index (χ1) is 27.4. The minimum atomic E-state index is 0.172. The summed E-state index contributed by atoms with van der Waals surface area (Å²) < 4.78 is 16.5. The van der Waals surface area contributed by atoms with Crippen LogP contribution in [0.2, 0.25) is 0 Å². The zero-order valence-electron chi connectivity index (χ0n) is 32.4. The normalized spacial score (nSPS) is 15.8. The molecule has 0 N–H and O–H groups in total. The van der Waals surface area contributed by atoms with Crippen molar-refractivity contribution in [1.82, 2.24) is 29.7 Å². The predicted molar refractivity (Wildman–Crippen MR) is 217 cm³/mol. The average Bonchev–Trinajstić information content (AvgIpc) is 3.69. The van der Waals surface area contributed by atoms with E-state index >= 15 is 0 Å². The predicted octanol–water partition coefficient (Wildman–Crippen LogP) is 5.00. The fourth-order valence-electron chi connectivity index (χ4n) is 7.52. The molecule has 3 aromatic carbocycles. The van der Waals surface area contributed by atoms with Gasteiger partial charge in [-0.2, -0.15) is 4.98 Å². The first-order valence-corrected chi connectivity index (χ1v) is 19.3. The van der Waals surface area contributed by atoms with Gasteiger partial charge in [-0.1, -0.05) is 36.4 Å². The summed E-state index contributed by atoms with van der Waals surface area (Å²) in [6, 6.07) is 24.5. The van der Waals surface area contributed by atoms with Crippen molar-refractivity contribution in [2.75, 3.05) is 95.0 Å². The summed E-state index contributed by atoms with van der Waals surface area (Å²) in [5, 5.41) is 0. The number of piperazine rings is 1. The number of fused-ring (bicyclic) bond motifs is 1. The highest BCUT2D eigenvalue weighted by molar-refractivity contribution is 5.80. The van der Waals surface area contributed by atoms with Crippen molar-refractivity contribution in [3.63, 3.8) is 0 Å². The number of amides is 1. The largest absolute Gasteiger partial charge is 0.497 e. The van der Waals surface area contributed by atoms with Crippen molar-refractivity contribution >= 4 is 29.3 Å². The molecule has 5 aromatic rings. The van der Waals surface area contributed by atoms with Gasteiger partial charge in [0.15, 0.2) is 0 Å². The molecule has 2 fully saturated rings. The highest BCUT2D eigenvalue weighted by atomic mass is 16.5. The Kier molecular flexibility index (Phi) is 11.2. The lowest BCUT2D eigenvalue weighted by molar-refractivity contribution is -0.132. The molecule has 0 unspecified atom stereocenters. The average molecular weight is 756 g/mol. The van der Waals surface area contributed by atoms with E-state index in [0.29, 0.717) is 57.7 Å². The summed E-state index contributed by atoms with van der Waals surface area (Å²) in [4.78, 5) is 44.4. The Labute approximate surface area is 328 Å². The van der Waals surface area contributed by atoms with E-state index in [1.165, 1.54) is 0 Å². The molecule has 2 saturated heterocycles. The second-order valence-electron chi connectivity index (χ2n) is 14.5. The third kappa shape index (κ3) is 8.38. The van der Waals surface area contributed by atoms with Gasteiger partial charge in [0.1, 0.15) is 17.3 Å². The maximum Gasteiger partial charge on any atom is 0.228 e. The minimum Gasteiger partial charge on any atom is -0.497 e. The van der Waals surface area contributed by atoms with E-state index in [1.54, 1.807) is 14.2 Å². The SMILES string of the molecule is COc1ccc(CN(Cc2ccc(OC)cc2)c2ncc(-c3nc(N4CCOCC4)nc4c3CCN4c3cccc(CC(=O)N4CCN(C)CC4)c3)cn2)cc1. The summed E-state index contributed by atoms with van der Waals surface area (Å²) in [6.07, 6.45) is 4.91. The van der Waals surface area contributed by atoms with Crippen LogP contribution < -0.4 is 24.2 Å². The summed E-state index contributed by atoms with van der Waals surface area (Å²) in [5.41, 5.74) is 6.98. The number of benzene rings is 3. The van der Waals surface area contributed by atoms with Crippen molar-refractivity contribution < 1.29 is 19.0 Å². The number of nitrogens with zero attached hydrogens (tertiary/aromatic N) is 9. The van der Waals surface area contributed by atoms with Crippen LogP contribution in [0.25, 0.3) is 11.3 Å². The molecule has 0 radical (unpaired) electrons. The third-order valence-corrected chi connectivity index (χ3v) is 10.8. The van der Waals surface area contributed by atoms with Gasteiger partial charge in [0.05, 0.1) is 39.5 Å². The van der Waals surface area contributed by atoms with Crippen molar-refractivity contribution in [2.24, 2.45) is 0 Å². The van der Waals surface area contributed by atoms with Gasteiger partial charge in [-0.3, -0.25) is 4.79 Å². The molecule has 0 aliphatic carbocycles. The first-order valence-electron chi connectivity index (χ1n) is 19.3. The molecule has 13 nitrogen and oxygen atoms in total. The summed E-state index contributed by atoms with van der Waals surface area (Å²) >= 11 is 0. The molecule has 13 heteroatoms. The number of rotatable bonds is 12. The lowest BCUT2D eigenvalue weighted by atomic mass is 10.1. The smallest absolute Gasteiger partial charge is 0.228 e. The van der Waals surface area contributed by atoms with E-state index < -0.39 is 0 Å². The van der Waals surface area contributed by atoms with Crippen LogP contribution in [-0.4, -0.2) is 116 Å². The summed E-state index contributed by atoms with van der Waals surface area (Å²) in [7, 11) is 5.45. The molecule has 0 saturated carbocycles. The molecule has 0 spiro atoms. The Balaban J connectivity index is 1.09. The van der Waals surface area contributed by atoms with Crippen molar-refractivity contribution in [3.8, 4) is 22.8 Å². The van der Waals surface area contributed by atoms with E-state index in [1.807, 2.05) is 53.7 Å². The van der Waals surface area contributed by atoms with Crippen molar-refractivity contribution in [2.45, 2.75) is 25.9 Å². The zero-order valence-corrected chi connectivity index (χ0v) is 32.4. The van der Waals surface area contributed by atoms with Crippen molar-refractivity contribution in [1.29, 1.82) is 0 Å². The number of morpholine rings is 1. The van der Waals surface area contributed by atoms with Gasteiger partial charge in [-0.15, -0.1) is 0 Å². The minimum absolute atomic E-state index is 0.172. The fourth-order valence-corrected chi connectivity index (χ4v) is 7.52. The Morgan fingerprint density at radius 3 is 2.04 bits per heavy atom. The summed E-state index contributed by atoms with van der Waals surface area (Å²) in [5.74, 6) is 3.96. The number of carbonyl (C=O) groups excluding carboxylic acids is 1. The fraction of sp³-hybridized carbons (Fsp3) is 0.372. The van der Waals surface area contributed by atoms with Gasteiger partial charge in [0, 0.05) is 88.1 Å². The number of carbonyl (C=O) groups is 1. The molecule has 56 heavy (non-hydrogen) atoms. The topological polar surface area (TPSA) is 113 Å². The van der Waals surface area contributed by atoms with Crippen LogP contribution in [0.1, 0.15) is 22.3 Å². The highest BCUT2D eigenvalue weighted by Crippen LogP contribution is 2.39. The van der Waals surface area contributed by atoms with Crippen LogP contribution in [-0.2, 0) is 35.5 Å². The molecule has 2 aromatic heterocycles. The molecular weight excluding hydrogens is 707 g/mol. The number of likely N-dealkylation sites (N-methyl/N-ethyl adjacent to an activating group) is 1. The quantitative estimate of drug-likeness (QED) is 0.171. The van der Waals surface area contributed by atoms with Crippen LogP contribution in [0.3, 0.4) is 0 Å². The molecule has 290 valence electrons. The molecular formula is C43H49N9O4. The highest BCUT2D eigenvalue weighted by Gasteiger charge is 2.30. The van der Waals surface area contributed by atoms with Gasteiger partial charge in [-0.25, -0.2) is 15.0 Å². The van der Waals surface area contributed by atoms with Crippen LogP contribution >= 0.6 is 0 Å². The lowest BCUT2D eigenvalue weighted by Gasteiger charge is -2.32. The van der Waals surface area contributed by atoms with E-state index in [0.717, 1.165) is 95.7 Å². The van der Waals surface area contributed by atoms with E-state index in [4.69, 9.17) is 34.1 Å². The molecule has 1 amide bonds. The molecule has 8 rings (SSSR count). The Morgan fingerprint density at radius 1 is 0.768 bits per heavy atom. The van der Waals surface area contributed by atoms with Crippen LogP contribution in [0.4, 0.5) is 23.4 Å². The lowest BCUT2D eigenvalue weighted by Crippen LogP contribution is -2.47.